The zero-order chi connectivity index (χ0) is 21.3. The molecule has 0 aromatic heterocycles. The Labute approximate surface area is 177 Å². The minimum absolute atomic E-state index is 0.176. The molecular formula is C24H27NO5. The molecule has 1 aliphatic rings. The maximum absolute atomic E-state index is 13.1. The number of amides is 1. The van der Waals surface area contributed by atoms with E-state index < -0.39 is 12.1 Å². The van der Waals surface area contributed by atoms with Crippen LogP contribution in [0.5, 0.6) is 11.5 Å². The molecule has 1 heterocycles. The van der Waals surface area contributed by atoms with Gasteiger partial charge in [0.1, 0.15) is 11.5 Å². The number of hydrogen-bond donors (Lipinski definition) is 0. The monoisotopic (exact) mass is 409 g/mol. The van der Waals surface area contributed by atoms with E-state index in [-0.39, 0.29) is 5.91 Å². The van der Waals surface area contributed by atoms with Gasteiger partial charge in [-0.15, -0.1) is 0 Å². The third-order valence-corrected chi connectivity index (χ3v) is 5.07. The molecule has 2 aromatic carbocycles. The first-order valence-corrected chi connectivity index (χ1v) is 10.1. The van der Waals surface area contributed by atoms with E-state index in [0.29, 0.717) is 35.7 Å². The molecule has 1 fully saturated rings. The van der Waals surface area contributed by atoms with E-state index in [2.05, 4.69) is 0 Å². The van der Waals surface area contributed by atoms with Crippen molar-refractivity contribution in [3.05, 3.63) is 65.7 Å². The minimum atomic E-state index is -0.959. The quantitative estimate of drug-likeness (QED) is 0.511. The fourth-order valence-electron chi connectivity index (χ4n) is 3.44. The Balaban J connectivity index is 1.76. The van der Waals surface area contributed by atoms with Crippen LogP contribution < -0.4 is 9.47 Å². The summed E-state index contributed by atoms with van der Waals surface area (Å²) in [4.78, 5) is 27.4. The first-order valence-electron chi connectivity index (χ1n) is 10.1. The van der Waals surface area contributed by atoms with E-state index in [1.165, 1.54) is 6.08 Å². The Morgan fingerprint density at radius 1 is 0.967 bits per heavy atom. The number of rotatable bonds is 7. The number of ether oxygens (including phenoxy) is 3. The van der Waals surface area contributed by atoms with Crippen molar-refractivity contribution in [1.29, 1.82) is 0 Å². The summed E-state index contributed by atoms with van der Waals surface area (Å²) in [6.07, 6.45) is 5.01. The molecule has 0 N–H and O–H groups in total. The van der Waals surface area contributed by atoms with Crippen LogP contribution in [0.2, 0.25) is 0 Å². The lowest BCUT2D eigenvalue weighted by atomic mass is 10.1. The summed E-state index contributed by atoms with van der Waals surface area (Å²) in [5, 5.41) is 0. The van der Waals surface area contributed by atoms with Crippen molar-refractivity contribution in [1.82, 2.24) is 4.90 Å². The number of piperidine rings is 1. The lowest BCUT2D eigenvalue weighted by Gasteiger charge is -2.30. The molecule has 0 aliphatic carbocycles. The van der Waals surface area contributed by atoms with Crippen molar-refractivity contribution in [2.24, 2.45) is 0 Å². The molecule has 1 saturated heterocycles. The Kier molecular flexibility index (Phi) is 7.49. The van der Waals surface area contributed by atoms with Gasteiger partial charge in [0.25, 0.3) is 5.91 Å². The van der Waals surface area contributed by atoms with Gasteiger partial charge in [-0.1, -0.05) is 30.3 Å². The Morgan fingerprint density at radius 2 is 1.70 bits per heavy atom. The fourth-order valence-corrected chi connectivity index (χ4v) is 3.44. The van der Waals surface area contributed by atoms with E-state index in [4.69, 9.17) is 14.2 Å². The highest BCUT2D eigenvalue weighted by Crippen LogP contribution is 2.26. The van der Waals surface area contributed by atoms with Crippen molar-refractivity contribution in [3.63, 3.8) is 0 Å². The molecule has 1 amide bonds. The third-order valence-electron chi connectivity index (χ3n) is 5.07. The van der Waals surface area contributed by atoms with Gasteiger partial charge < -0.3 is 19.1 Å². The SMILES string of the molecule is COc1ccc(/C=C/C(=O)O[C@@H](C(=O)N2CCCCC2)c2ccccc2)c(OC)c1. The van der Waals surface area contributed by atoms with Crippen molar-refractivity contribution >= 4 is 18.0 Å². The highest BCUT2D eigenvalue weighted by Gasteiger charge is 2.29. The molecule has 0 saturated carbocycles. The van der Waals surface area contributed by atoms with Crippen molar-refractivity contribution in [3.8, 4) is 11.5 Å². The van der Waals surface area contributed by atoms with Crippen molar-refractivity contribution in [2.75, 3.05) is 27.3 Å². The van der Waals surface area contributed by atoms with Crippen LogP contribution in [0.25, 0.3) is 6.08 Å². The standard InChI is InChI=1S/C24H27NO5/c1-28-20-13-11-18(21(17-20)29-2)12-14-22(26)30-23(19-9-5-3-6-10-19)24(27)25-15-7-4-8-16-25/h3,5-6,9-14,17,23H,4,7-8,15-16H2,1-2H3/b14-12+/t23-/m1/s1. The predicted molar refractivity (Wildman–Crippen MR) is 114 cm³/mol. The number of likely N-dealkylation sites (tertiary alicyclic amines) is 1. The topological polar surface area (TPSA) is 65.1 Å². The molecule has 6 heteroatoms. The second-order valence-corrected chi connectivity index (χ2v) is 7.05. The highest BCUT2D eigenvalue weighted by atomic mass is 16.5. The van der Waals surface area contributed by atoms with E-state index in [9.17, 15) is 9.59 Å². The molecule has 1 aliphatic heterocycles. The highest BCUT2D eigenvalue weighted by molar-refractivity contribution is 5.91. The second-order valence-electron chi connectivity index (χ2n) is 7.05. The van der Waals surface area contributed by atoms with Crippen LogP contribution in [0.1, 0.15) is 36.5 Å². The van der Waals surface area contributed by atoms with Crippen molar-refractivity contribution < 1.29 is 23.8 Å². The van der Waals surface area contributed by atoms with Gasteiger partial charge in [-0.2, -0.15) is 0 Å². The number of nitrogens with zero attached hydrogens (tertiary/aromatic N) is 1. The molecule has 2 aromatic rings. The van der Waals surface area contributed by atoms with E-state index >= 15 is 0 Å². The summed E-state index contributed by atoms with van der Waals surface area (Å²) >= 11 is 0. The summed E-state index contributed by atoms with van der Waals surface area (Å²) in [5.41, 5.74) is 1.37. The Bertz CT molecular complexity index is 888. The number of carbonyl (C=O) groups is 2. The fraction of sp³-hybridized carbons (Fsp3) is 0.333. The molecule has 0 radical (unpaired) electrons. The van der Waals surface area contributed by atoms with Crippen LogP contribution in [-0.4, -0.2) is 44.1 Å². The average molecular weight is 409 g/mol. The summed E-state index contributed by atoms with van der Waals surface area (Å²) in [7, 11) is 3.12. The molecule has 1 atom stereocenters. The lowest BCUT2D eigenvalue weighted by Crippen LogP contribution is -2.40. The van der Waals surface area contributed by atoms with Gasteiger partial charge in [0.15, 0.2) is 0 Å². The van der Waals surface area contributed by atoms with Gasteiger partial charge in [0.2, 0.25) is 6.10 Å². The van der Waals surface area contributed by atoms with Crippen LogP contribution in [0.4, 0.5) is 0 Å². The number of esters is 1. The molecule has 0 unspecified atom stereocenters. The largest absolute Gasteiger partial charge is 0.497 e. The van der Waals surface area contributed by atoms with E-state index in [1.807, 2.05) is 18.2 Å². The smallest absolute Gasteiger partial charge is 0.331 e. The molecule has 0 bridgehead atoms. The Hall–Kier alpha value is -3.28. The molecule has 0 spiro atoms. The van der Waals surface area contributed by atoms with Gasteiger partial charge in [0.05, 0.1) is 14.2 Å². The van der Waals surface area contributed by atoms with Gasteiger partial charge >= 0.3 is 5.97 Å². The zero-order valence-corrected chi connectivity index (χ0v) is 17.4. The molecule has 30 heavy (non-hydrogen) atoms. The van der Waals surface area contributed by atoms with Crippen LogP contribution in [0.15, 0.2) is 54.6 Å². The van der Waals surface area contributed by atoms with Gasteiger partial charge in [-0.3, -0.25) is 4.79 Å². The third kappa shape index (κ3) is 5.41. The number of benzene rings is 2. The maximum Gasteiger partial charge on any atom is 0.331 e. The van der Waals surface area contributed by atoms with E-state index in [1.54, 1.807) is 55.5 Å². The molecular weight excluding hydrogens is 382 g/mol. The van der Waals surface area contributed by atoms with Crippen LogP contribution in [-0.2, 0) is 14.3 Å². The summed E-state index contributed by atoms with van der Waals surface area (Å²) in [6.45, 7) is 1.39. The molecule has 3 rings (SSSR count). The second kappa shape index (κ2) is 10.5. The Morgan fingerprint density at radius 3 is 2.37 bits per heavy atom. The zero-order valence-electron chi connectivity index (χ0n) is 17.4. The average Bonchev–Trinajstić information content (AvgIpc) is 2.81. The summed E-state index contributed by atoms with van der Waals surface area (Å²) in [6, 6.07) is 14.4. The van der Waals surface area contributed by atoms with E-state index in [0.717, 1.165) is 19.3 Å². The first-order chi connectivity index (χ1) is 14.6. The van der Waals surface area contributed by atoms with Crippen molar-refractivity contribution in [2.45, 2.75) is 25.4 Å². The maximum atomic E-state index is 13.1. The number of carbonyl (C=O) groups excluding carboxylic acids is 2. The minimum Gasteiger partial charge on any atom is -0.497 e. The van der Waals surface area contributed by atoms with Crippen LogP contribution >= 0.6 is 0 Å². The normalized spacial score (nSPS) is 14.9. The summed E-state index contributed by atoms with van der Waals surface area (Å²) < 4.78 is 16.1. The lowest BCUT2D eigenvalue weighted by molar-refractivity contribution is -0.157. The van der Waals surface area contributed by atoms with Gasteiger partial charge in [0, 0.05) is 36.4 Å². The van der Waals surface area contributed by atoms with Gasteiger partial charge in [-0.25, -0.2) is 4.79 Å². The number of hydrogen-bond acceptors (Lipinski definition) is 5. The number of methoxy groups -OCH3 is 2. The van der Waals surface area contributed by atoms with Crippen LogP contribution in [0.3, 0.4) is 0 Å². The van der Waals surface area contributed by atoms with Gasteiger partial charge in [-0.05, 0) is 37.5 Å². The molecule has 158 valence electrons. The first kappa shape index (κ1) is 21.4. The summed E-state index contributed by atoms with van der Waals surface area (Å²) in [5.74, 6) is 0.460. The molecule has 6 nitrogen and oxygen atoms in total. The van der Waals surface area contributed by atoms with Crippen LogP contribution in [0, 0.1) is 0 Å². The predicted octanol–water partition coefficient (Wildman–Crippen LogP) is 4.01.